The van der Waals surface area contributed by atoms with Crippen molar-refractivity contribution in [1.29, 1.82) is 0 Å². The molecule has 0 bridgehead atoms. The first-order chi connectivity index (χ1) is 9.63. The van der Waals surface area contributed by atoms with Gasteiger partial charge in [-0.2, -0.15) is 0 Å². The average Bonchev–Trinajstić information content (AvgIpc) is 3.17. The maximum Gasteiger partial charge on any atom is 0.223 e. The lowest BCUT2D eigenvalue weighted by atomic mass is 10.0. The molecule has 110 valence electrons. The standard InChI is InChI=1S/C15H20ClNO3/c16-12-2-1-3-13(10-12)20-9-4-14(19)17-11-15(5-6-15)7-8-18/h1-3,10,18H,4-9,11H2,(H,17,19). The van der Waals surface area contributed by atoms with Crippen LogP contribution in [0.5, 0.6) is 5.75 Å². The van der Waals surface area contributed by atoms with Crippen LogP contribution >= 0.6 is 11.6 Å². The highest BCUT2D eigenvalue weighted by Gasteiger charge is 2.41. The van der Waals surface area contributed by atoms with E-state index in [1.54, 1.807) is 12.1 Å². The highest BCUT2D eigenvalue weighted by molar-refractivity contribution is 6.30. The largest absolute Gasteiger partial charge is 0.493 e. The van der Waals surface area contributed by atoms with E-state index in [-0.39, 0.29) is 17.9 Å². The van der Waals surface area contributed by atoms with E-state index >= 15 is 0 Å². The van der Waals surface area contributed by atoms with Crippen molar-refractivity contribution in [2.24, 2.45) is 5.41 Å². The third-order valence-corrected chi connectivity index (χ3v) is 3.89. The molecule has 1 aliphatic carbocycles. The summed E-state index contributed by atoms with van der Waals surface area (Å²) < 4.78 is 5.47. The third kappa shape index (κ3) is 4.69. The van der Waals surface area contributed by atoms with Crippen LogP contribution in [-0.4, -0.2) is 30.8 Å². The molecule has 0 aliphatic heterocycles. The Morgan fingerprint density at radius 3 is 2.90 bits per heavy atom. The summed E-state index contributed by atoms with van der Waals surface area (Å²) in [6.45, 7) is 1.18. The van der Waals surface area contributed by atoms with E-state index in [2.05, 4.69) is 5.32 Å². The molecular weight excluding hydrogens is 278 g/mol. The minimum atomic E-state index is -0.0174. The molecule has 20 heavy (non-hydrogen) atoms. The summed E-state index contributed by atoms with van der Waals surface area (Å²) in [5.74, 6) is 0.653. The molecule has 1 aromatic carbocycles. The molecule has 1 aliphatic rings. The number of carbonyl (C=O) groups is 1. The van der Waals surface area contributed by atoms with Gasteiger partial charge in [-0.05, 0) is 42.9 Å². The SMILES string of the molecule is O=C(CCOc1cccc(Cl)c1)NCC1(CCO)CC1. The molecule has 1 aromatic rings. The maximum absolute atomic E-state index is 11.7. The first-order valence-electron chi connectivity index (χ1n) is 6.89. The minimum Gasteiger partial charge on any atom is -0.493 e. The molecule has 0 spiro atoms. The van der Waals surface area contributed by atoms with Crippen LogP contribution in [0, 0.1) is 5.41 Å². The fourth-order valence-electron chi connectivity index (χ4n) is 2.12. The fraction of sp³-hybridized carbons (Fsp3) is 0.533. The first kappa shape index (κ1) is 15.1. The molecule has 2 N–H and O–H groups in total. The molecule has 2 rings (SSSR count). The van der Waals surface area contributed by atoms with Crippen molar-refractivity contribution in [1.82, 2.24) is 5.32 Å². The number of amides is 1. The van der Waals surface area contributed by atoms with E-state index in [9.17, 15) is 4.79 Å². The molecule has 5 heteroatoms. The molecule has 0 aromatic heterocycles. The van der Waals surface area contributed by atoms with Crippen LogP contribution in [0.15, 0.2) is 24.3 Å². The second-order valence-corrected chi connectivity index (χ2v) is 5.74. The second kappa shape index (κ2) is 6.95. The second-order valence-electron chi connectivity index (χ2n) is 5.31. The number of benzene rings is 1. The lowest BCUT2D eigenvalue weighted by molar-refractivity contribution is -0.121. The van der Waals surface area contributed by atoms with E-state index < -0.39 is 0 Å². The topological polar surface area (TPSA) is 58.6 Å². The van der Waals surface area contributed by atoms with Crippen molar-refractivity contribution in [2.45, 2.75) is 25.7 Å². The normalized spacial score (nSPS) is 15.7. The third-order valence-electron chi connectivity index (χ3n) is 3.65. The minimum absolute atomic E-state index is 0.0174. The number of carbonyl (C=O) groups excluding carboxylic acids is 1. The van der Waals surface area contributed by atoms with E-state index in [0.29, 0.717) is 30.3 Å². The Morgan fingerprint density at radius 2 is 2.25 bits per heavy atom. The van der Waals surface area contributed by atoms with Gasteiger partial charge in [-0.25, -0.2) is 0 Å². The van der Waals surface area contributed by atoms with E-state index in [0.717, 1.165) is 19.3 Å². The van der Waals surface area contributed by atoms with Gasteiger partial charge in [0.15, 0.2) is 0 Å². The highest BCUT2D eigenvalue weighted by Crippen LogP contribution is 2.47. The lowest BCUT2D eigenvalue weighted by Gasteiger charge is -2.14. The van der Waals surface area contributed by atoms with Gasteiger partial charge in [-0.3, -0.25) is 4.79 Å². The summed E-state index contributed by atoms with van der Waals surface area (Å²) in [5, 5.41) is 12.5. The molecule has 1 amide bonds. The average molecular weight is 298 g/mol. The predicted molar refractivity (Wildman–Crippen MR) is 77.9 cm³/mol. The number of hydrogen-bond acceptors (Lipinski definition) is 3. The monoisotopic (exact) mass is 297 g/mol. The summed E-state index contributed by atoms with van der Waals surface area (Å²) >= 11 is 5.84. The van der Waals surface area contributed by atoms with E-state index in [1.165, 1.54) is 0 Å². The highest BCUT2D eigenvalue weighted by atomic mass is 35.5. The van der Waals surface area contributed by atoms with Crippen molar-refractivity contribution < 1.29 is 14.6 Å². The van der Waals surface area contributed by atoms with Gasteiger partial charge in [0.1, 0.15) is 5.75 Å². The quantitative estimate of drug-likeness (QED) is 0.774. The zero-order valence-electron chi connectivity index (χ0n) is 11.4. The molecule has 4 nitrogen and oxygen atoms in total. The van der Waals surface area contributed by atoms with Crippen LogP contribution in [-0.2, 0) is 4.79 Å². The summed E-state index contributed by atoms with van der Waals surface area (Å²) in [6.07, 6.45) is 3.27. The van der Waals surface area contributed by atoms with Gasteiger partial charge in [-0.1, -0.05) is 17.7 Å². The number of hydrogen-bond donors (Lipinski definition) is 2. The van der Waals surface area contributed by atoms with E-state index in [4.69, 9.17) is 21.4 Å². The molecule has 1 fully saturated rings. The van der Waals surface area contributed by atoms with Gasteiger partial charge in [0.05, 0.1) is 13.0 Å². The van der Waals surface area contributed by atoms with Crippen molar-refractivity contribution in [2.75, 3.05) is 19.8 Å². The summed E-state index contributed by atoms with van der Waals surface area (Å²) in [4.78, 5) is 11.7. The number of nitrogens with one attached hydrogen (secondary N) is 1. The zero-order chi connectivity index (χ0) is 14.4. The van der Waals surface area contributed by atoms with Crippen LogP contribution in [0.1, 0.15) is 25.7 Å². The molecule has 0 radical (unpaired) electrons. The molecule has 0 heterocycles. The van der Waals surface area contributed by atoms with E-state index in [1.807, 2.05) is 12.1 Å². The van der Waals surface area contributed by atoms with Gasteiger partial charge in [0.25, 0.3) is 0 Å². The van der Waals surface area contributed by atoms with Gasteiger partial charge in [0.2, 0.25) is 5.91 Å². The Balaban J connectivity index is 1.63. The number of aliphatic hydroxyl groups excluding tert-OH is 1. The lowest BCUT2D eigenvalue weighted by Crippen LogP contribution is -2.31. The Kier molecular flexibility index (Phi) is 5.26. The molecular formula is C15H20ClNO3. The molecule has 0 unspecified atom stereocenters. The Hall–Kier alpha value is -1.26. The zero-order valence-corrected chi connectivity index (χ0v) is 12.2. The van der Waals surface area contributed by atoms with Crippen molar-refractivity contribution >= 4 is 17.5 Å². The Morgan fingerprint density at radius 1 is 1.45 bits per heavy atom. The van der Waals surface area contributed by atoms with Crippen LogP contribution in [0.3, 0.4) is 0 Å². The van der Waals surface area contributed by atoms with Gasteiger partial charge in [0, 0.05) is 18.2 Å². The van der Waals surface area contributed by atoms with Crippen LogP contribution in [0.4, 0.5) is 0 Å². The van der Waals surface area contributed by atoms with Crippen LogP contribution in [0.2, 0.25) is 5.02 Å². The molecule has 0 atom stereocenters. The predicted octanol–water partition coefficient (Wildman–Crippen LogP) is 2.39. The summed E-state index contributed by atoms with van der Waals surface area (Å²) in [7, 11) is 0. The van der Waals surface area contributed by atoms with Gasteiger partial charge >= 0.3 is 0 Å². The smallest absolute Gasteiger partial charge is 0.223 e. The fourth-order valence-corrected chi connectivity index (χ4v) is 2.30. The molecule has 0 saturated heterocycles. The Bertz CT molecular complexity index is 460. The van der Waals surface area contributed by atoms with Gasteiger partial charge < -0.3 is 15.2 Å². The summed E-state index contributed by atoms with van der Waals surface area (Å²) in [5.41, 5.74) is 0.151. The number of aliphatic hydroxyl groups is 1. The van der Waals surface area contributed by atoms with Crippen molar-refractivity contribution in [3.05, 3.63) is 29.3 Å². The Labute approximate surface area is 124 Å². The number of ether oxygens (including phenoxy) is 1. The number of rotatable bonds is 8. The number of halogens is 1. The molecule has 1 saturated carbocycles. The van der Waals surface area contributed by atoms with Crippen LogP contribution < -0.4 is 10.1 Å². The first-order valence-corrected chi connectivity index (χ1v) is 7.27. The summed E-state index contributed by atoms with van der Waals surface area (Å²) in [6, 6.07) is 7.12. The van der Waals surface area contributed by atoms with Crippen LogP contribution in [0.25, 0.3) is 0 Å². The van der Waals surface area contributed by atoms with Crippen molar-refractivity contribution in [3.63, 3.8) is 0 Å². The van der Waals surface area contributed by atoms with Gasteiger partial charge in [-0.15, -0.1) is 0 Å². The maximum atomic E-state index is 11.7. The van der Waals surface area contributed by atoms with Crippen molar-refractivity contribution in [3.8, 4) is 5.75 Å².